The molecule has 0 aliphatic heterocycles. The minimum atomic E-state index is 0. The van der Waals surface area contributed by atoms with Crippen LogP contribution in [0.3, 0.4) is 0 Å². The van der Waals surface area contributed by atoms with E-state index < -0.39 is 0 Å². The minimum absolute atomic E-state index is 0. The molecule has 0 radical (unpaired) electrons. The maximum absolute atomic E-state index is 1.50. The van der Waals surface area contributed by atoms with E-state index in [4.69, 9.17) is 0 Å². The van der Waals surface area contributed by atoms with Crippen molar-refractivity contribution < 1.29 is 0 Å². The summed E-state index contributed by atoms with van der Waals surface area (Å²) >= 11 is 0. The van der Waals surface area contributed by atoms with E-state index in [2.05, 4.69) is 0 Å². The second-order valence-corrected chi connectivity index (χ2v) is 2.83. The predicted molar refractivity (Wildman–Crippen MR) is 52.4 cm³/mol. The summed E-state index contributed by atoms with van der Waals surface area (Å²) in [6.07, 6.45) is 12.0. The third kappa shape index (κ3) is 5.19. The summed E-state index contributed by atoms with van der Waals surface area (Å²) in [4.78, 5) is 0. The van der Waals surface area contributed by atoms with E-state index in [1.807, 2.05) is 0 Å². The molecule has 0 amide bonds. The highest BCUT2D eigenvalue weighted by Crippen LogP contribution is 2.15. The summed E-state index contributed by atoms with van der Waals surface area (Å²) in [6.45, 7) is 0. The Labute approximate surface area is 75.4 Å². The summed E-state index contributed by atoms with van der Waals surface area (Å²) in [5, 5.41) is 0. The maximum Gasteiger partial charge on any atom is -0.0533 e. The average Bonchev–Trinajstić information content (AvgIpc) is 1.62. The highest BCUT2D eigenvalue weighted by Gasteiger charge is 1.95. The van der Waals surface area contributed by atoms with Crippen LogP contribution in [-0.4, -0.2) is 0 Å². The Morgan fingerprint density at radius 1 is 0.333 bits per heavy atom. The molecule has 0 bridgehead atoms. The van der Waals surface area contributed by atoms with Gasteiger partial charge in [0.1, 0.15) is 0 Å². The Bertz CT molecular complexity index is 28.5. The fraction of sp³-hybridized carbons (Fsp3) is 1.00. The molecule has 1 saturated carbocycles. The molecule has 1 heteroatoms. The summed E-state index contributed by atoms with van der Waals surface area (Å²) < 4.78 is 0. The van der Waals surface area contributed by atoms with Crippen LogP contribution in [0.2, 0.25) is 0 Å². The molecule has 1 aliphatic carbocycles. The molecule has 0 aromatic rings. The number of hydrogen-bond donors (Lipinski definition) is 0. The van der Waals surface area contributed by atoms with E-state index in [-0.39, 0.29) is 24.0 Å². The van der Waals surface area contributed by atoms with E-state index in [0.717, 1.165) is 0 Å². The van der Waals surface area contributed by atoms with Gasteiger partial charge in [-0.15, -0.1) is 24.0 Å². The Hall–Kier alpha value is 0.730. The first-order valence-electron chi connectivity index (χ1n) is 4.00. The van der Waals surface area contributed by atoms with Crippen molar-refractivity contribution in [2.45, 2.75) is 51.4 Å². The van der Waals surface area contributed by atoms with Gasteiger partial charge < -0.3 is 0 Å². The van der Waals surface area contributed by atoms with E-state index in [0.29, 0.717) is 0 Å². The molecule has 1 fully saturated rings. The van der Waals surface area contributed by atoms with Crippen LogP contribution in [0.25, 0.3) is 0 Å². The lowest BCUT2D eigenvalue weighted by atomic mass is 10.0. The number of halogens is 1. The summed E-state index contributed by atoms with van der Waals surface area (Å²) in [5.74, 6) is 0. The van der Waals surface area contributed by atoms with E-state index in [1.165, 1.54) is 51.4 Å². The molecule has 0 spiro atoms. The molecule has 0 aromatic heterocycles. The smallest absolute Gasteiger partial charge is 0.0533 e. The molecule has 0 saturated heterocycles. The van der Waals surface area contributed by atoms with Gasteiger partial charge in [-0.1, -0.05) is 51.4 Å². The highest BCUT2D eigenvalue weighted by atomic mass is 127. The normalized spacial score (nSPS) is 21.3. The molecule has 0 aromatic carbocycles. The van der Waals surface area contributed by atoms with E-state index in [9.17, 15) is 0 Å². The number of hydrogen-bond acceptors (Lipinski definition) is 0. The first kappa shape index (κ1) is 9.73. The highest BCUT2D eigenvalue weighted by molar-refractivity contribution is 14.0. The standard InChI is InChI=1S/C8H16.HI/c1-2-4-6-8-7-5-3-1;/h1-8H2;1H. The van der Waals surface area contributed by atoms with Gasteiger partial charge in [-0.2, -0.15) is 0 Å². The van der Waals surface area contributed by atoms with Gasteiger partial charge in [0.05, 0.1) is 0 Å². The average molecular weight is 240 g/mol. The largest absolute Gasteiger partial charge is 0.107 e. The first-order valence-corrected chi connectivity index (χ1v) is 4.00. The zero-order chi connectivity index (χ0) is 5.66. The fourth-order valence-corrected chi connectivity index (χ4v) is 1.41. The van der Waals surface area contributed by atoms with Crippen LogP contribution in [0.1, 0.15) is 51.4 Å². The van der Waals surface area contributed by atoms with E-state index >= 15 is 0 Å². The summed E-state index contributed by atoms with van der Waals surface area (Å²) in [6, 6.07) is 0. The molecule has 0 atom stereocenters. The topological polar surface area (TPSA) is 0 Å². The minimum Gasteiger partial charge on any atom is -0.107 e. The molecule has 0 unspecified atom stereocenters. The molecule has 1 rings (SSSR count). The van der Waals surface area contributed by atoms with Crippen molar-refractivity contribution in [1.29, 1.82) is 0 Å². The molecule has 9 heavy (non-hydrogen) atoms. The van der Waals surface area contributed by atoms with Crippen molar-refractivity contribution in [3.8, 4) is 0 Å². The summed E-state index contributed by atoms with van der Waals surface area (Å²) in [7, 11) is 0. The van der Waals surface area contributed by atoms with Crippen molar-refractivity contribution in [2.75, 3.05) is 0 Å². The van der Waals surface area contributed by atoms with Crippen molar-refractivity contribution >= 4 is 24.0 Å². The van der Waals surface area contributed by atoms with Crippen LogP contribution >= 0.6 is 24.0 Å². The van der Waals surface area contributed by atoms with Gasteiger partial charge in [0.15, 0.2) is 0 Å². The lowest BCUT2D eigenvalue weighted by Crippen LogP contribution is -1.85. The third-order valence-electron chi connectivity index (χ3n) is 2.00. The monoisotopic (exact) mass is 240 g/mol. The lowest BCUT2D eigenvalue weighted by Gasteiger charge is -2.05. The van der Waals surface area contributed by atoms with Gasteiger partial charge in [-0.25, -0.2) is 0 Å². The zero-order valence-corrected chi connectivity index (χ0v) is 8.40. The second-order valence-electron chi connectivity index (χ2n) is 2.83. The zero-order valence-electron chi connectivity index (χ0n) is 6.07. The molecule has 0 nitrogen and oxygen atoms in total. The van der Waals surface area contributed by atoms with E-state index in [1.54, 1.807) is 0 Å². The Morgan fingerprint density at radius 2 is 0.444 bits per heavy atom. The fourth-order valence-electron chi connectivity index (χ4n) is 1.41. The Morgan fingerprint density at radius 3 is 0.556 bits per heavy atom. The van der Waals surface area contributed by atoms with Crippen LogP contribution < -0.4 is 0 Å². The van der Waals surface area contributed by atoms with Crippen LogP contribution in [0.4, 0.5) is 0 Å². The van der Waals surface area contributed by atoms with Gasteiger partial charge in [0.2, 0.25) is 0 Å². The maximum atomic E-state index is 1.50. The first-order chi connectivity index (χ1) is 4.00. The molecular weight excluding hydrogens is 223 g/mol. The third-order valence-corrected chi connectivity index (χ3v) is 2.00. The van der Waals surface area contributed by atoms with Crippen LogP contribution in [-0.2, 0) is 0 Å². The molecular formula is C8H17I. The molecule has 0 heterocycles. The quantitative estimate of drug-likeness (QED) is 0.566. The van der Waals surface area contributed by atoms with Crippen LogP contribution in [0, 0.1) is 0 Å². The summed E-state index contributed by atoms with van der Waals surface area (Å²) in [5.41, 5.74) is 0. The molecule has 0 N–H and O–H groups in total. The van der Waals surface area contributed by atoms with Crippen molar-refractivity contribution in [3.63, 3.8) is 0 Å². The van der Waals surface area contributed by atoms with Crippen molar-refractivity contribution in [2.24, 2.45) is 0 Å². The van der Waals surface area contributed by atoms with Gasteiger partial charge in [0, 0.05) is 0 Å². The second kappa shape index (κ2) is 6.84. The molecule has 1 aliphatic rings. The van der Waals surface area contributed by atoms with Gasteiger partial charge in [0.25, 0.3) is 0 Å². The Kier molecular flexibility index (Phi) is 7.40. The van der Waals surface area contributed by atoms with Crippen molar-refractivity contribution in [3.05, 3.63) is 0 Å². The number of rotatable bonds is 0. The van der Waals surface area contributed by atoms with Crippen molar-refractivity contribution in [1.82, 2.24) is 0 Å². The van der Waals surface area contributed by atoms with Crippen LogP contribution in [0.15, 0.2) is 0 Å². The Balaban J connectivity index is 0.000000640. The van der Waals surface area contributed by atoms with Gasteiger partial charge >= 0.3 is 0 Å². The SMILES string of the molecule is C1CCCCCCC1.I. The van der Waals surface area contributed by atoms with Crippen LogP contribution in [0.5, 0.6) is 0 Å². The van der Waals surface area contributed by atoms with Gasteiger partial charge in [-0.05, 0) is 0 Å². The lowest BCUT2D eigenvalue weighted by molar-refractivity contribution is 0.504. The van der Waals surface area contributed by atoms with Gasteiger partial charge in [-0.3, -0.25) is 0 Å². The molecule has 56 valence electrons. The predicted octanol–water partition coefficient (Wildman–Crippen LogP) is 3.74.